The molecule has 1 aromatic rings. The molecule has 11 heteroatoms. The summed E-state index contributed by atoms with van der Waals surface area (Å²) in [7, 11) is 0. The number of carbonyl (C=O) groups excluding carboxylic acids is 2. The highest BCUT2D eigenvalue weighted by Crippen LogP contribution is 2.68. The predicted molar refractivity (Wildman–Crippen MR) is 147 cm³/mol. The van der Waals surface area contributed by atoms with Gasteiger partial charge in [0.1, 0.15) is 6.04 Å². The van der Waals surface area contributed by atoms with E-state index in [0.29, 0.717) is 44.8 Å². The number of morpholine rings is 1. The van der Waals surface area contributed by atoms with Crippen LogP contribution in [0.4, 0.5) is 0 Å². The van der Waals surface area contributed by atoms with E-state index in [1.165, 1.54) is 16.7 Å². The van der Waals surface area contributed by atoms with Crippen molar-refractivity contribution in [3.05, 3.63) is 48.6 Å². The lowest BCUT2D eigenvalue weighted by atomic mass is 9.71. The molecule has 0 aliphatic carbocycles. The van der Waals surface area contributed by atoms with Gasteiger partial charge < -0.3 is 24.7 Å². The molecule has 5 rings (SSSR count). The standard InChI is InChI=1S/C27H34BrN3O6S/c1-2-8-30(10-9-29-11-13-37-14-12-29)25(34)23-27-15-18(28)22(38-27)20(26(35)36)21(27)24(33)31(23)19(16-32)17-6-4-3-5-7-17/h2-7,18-23,32H,1,8-16H2,(H,35,36)/t18?,19-,20-,21+,22-,23?,27?/m1/s1. The van der Waals surface area contributed by atoms with Gasteiger partial charge >= 0.3 is 5.97 Å². The maximum atomic E-state index is 14.5. The maximum Gasteiger partial charge on any atom is 0.308 e. The summed E-state index contributed by atoms with van der Waals surface area (Å²) in [6.45, 7) is 7.80. The molecule has 7 atom stereocenters. The Hall–Kier alpha value is -1.92. The number of carboxylic acids is 1. The molecule has 38 heavy (non-hydrogen) atoms. The topological polar surface area (TPSA) is 111 Å². The molecule has 1 aromatic carbocycles. The van der Waals surface area contributed by atoms with Crippen LogP contribution in [-0.4, -0.2) is 116 Å². The Labute approximate surface area is 235 Å². The minimum absolute atomic E-state index is 0.126. The van der Waals surface area contributed by atoms with Crippen molar-refractivity contribution >= 4 is 45.5 Å². The van der Waals surface area contributed by atoms with Crippen LogP contribution >= 0.6 is 27.7 Å². The van der Waals surface area contributed by atoms with Crippen molar-refractivity contribution in [2.24, 2.45) is 11.8 Å². The van der Waals surface area contributed by atoms with E-state index >= 15 is 0 Å². The van der Waals surface area contributed by atoms with Crippen LogP contribution in [0.15, 0.2) is 43.0 Å². The molecule has 0 saturated carbocycles. The third-order valence-electron chi connectivity index (χ3n) is 8.39. The van der Waals surface area contributed by atoms with E-state index < -0.39 is 34.6 Å². The van der Waals surface area contributed by atoms with E-state index in [2.05, 4.69) is 27.4 Å². The third kappa shape index (κ3) is 4.60. The van der Waals surface area contributed by atoms with Gasteiger partial charge in [-0.15, -0.1) is 18.3 Å². The van der Waals surface area contributed by atoms with E-state index in [-0.39, 0.29) is 28.5 Å². The number of carbonyl (C=O) groups is 3. The maximum absolute atomic E-state index is 14.5. The Kier molecular flexibility index (Phi) is 8.21. The first-order chi connectivity index (χ1) is 18.3. The van der Waals surface area contributed by atoms with Gasteiger partial charge in [-0.05, 0) is 12.0 Å². The average Bonchev–Trinajstić information content (AvgIpc) is 3.51. The summed E-state index contributed by atoms with van der Waals surface area (Å²) >= 11 is 5.15. The first kappa shape index (κ1) is 27.6. The molecule has 2 bridgehead atoms. The molecule has 206 valence electrons. The van der Waals surface area contributed by atoms with Crippen LogP contribution in [0.1, 0.15) is 18.0 Å². The fraction of sp³-hybridized carbons (Fsp3) is 0.593. The van der Waals surface area contributed by atoms with Crippen LogP contribution in [0.5, 0.6) is 0 Å². The summed E-state index contributed by atoms with van der Waals surface area (Å²) in [4.78, 5) is 46.5. The smallest absolute Gasteiger partial charge is 0.308 e. The van der Waals surface area contributed by atoms with Gasteiger partial charge in [0.05, 0.1) is 42.4 Å². The number of nitrogens with zero attached hydrogens (tertiary/aromatic N) is 3. The van der Waals surface area contributed by atoms with E-state index in [9.17, 15) is 24.6 Å². The molecule has 0 radical (unpaired) electrons. The second kappa shape index (κ2) is 11.3. The molecule has 4 aliphatic rings. The van der Waals surface area contributed by atoms with E-state index in [1.54, 1.807) is 11.0 Å². The summed E-state index contributed by atoms with van der Waals surface area (Å²) in [5.41, 5.74) is 0.711. The van der Waals surface area contributed by atoms with Crippen molar-refractivity contribution in [1.82, 2.24) is 14.7 Å². The number of amides is 2. The Bertz CT molecular complexity index is 1070. The molecular weight excluding hydrogens is 574 g/mol. The Morgan fingerprint density at radius 2 is 2.00 bits per heavy atom. The molecule has 2 N–H and O–H groups in total. The number of halogens is 1. The zero-order valence-corrected chi connectivity index (χ0v) is 23.6. The molecule has 1 spiro atoms. The average molecular weight is 609 g/mol. The minimum atomic E-state index is -1.02. The number of aliphatic hydroxyl groups excluding tert-OH is 1. The lowest BCUT2D eigenvalue weighted by Gasteiger charge is -2.40. The Morgan fingerprint density at radius 1 is 1.29 bits per heavy atom. The van der Waals surface area contributed by atoms with Crippen LogP contribution in [-0.2, 0) is 19.1 Å². The number of alkyl halides is 1. The number of rotatable bonds is 10. The van der Waals surface area contributed by atoms with Gasteiger partial charge in [0.2, 0.25) is 11.8 Å². The molecule has 4 aliphatic heterocycles. The second-order valence-corrected chi connectivity index (χ2v) is 13.1. The van der Waals surface area contributed by atoms with Crippen LogP contribution in [0, 0.1) is 11.8 Å². The third-order valence-corrected chi connectivity index (χ3v) is 11.6. The van der Waals surface area contributed by atoms with Crippen LogP contribution in [0.25, 0.3) is 0 Å². The number of aliphatic carboxylic acids is 1. The van der Waals surface area contributed by atoms with Gasteiger partial charge in [0, 0.05) is 42.8 Å². The predicted octanol–water partition coefficient (Wildman–Crippen LogP) is 1.62. The van der Waals surface area contributed by atoms with E-state index in [4.69, 9.17) is 4.74 Å². The molecule has 0 aromatic heterocycles. The number of likely N-dealkylation sites (tertiary alicyclic amines) is 1. The largest absolute Gasteiger partial charge is 0.481 e. The highest BCUT2D eigenvalue weighted by Gasteiger charge is 2.76. The van der Waals surface area contributed by atoms with Gasteiger partial charge in [0.15, 0.2) is 0 Å². The van der Waals surface area contributed by atoms with Crippen molar-refractivity contribution in [3.8, 4) is 0 Å². The Balaban J connectivity index is 1.54. The normalized spacial score (nSPS) is 33.3. The van der Waals surface area contributed by atoms with Crippen LogP contribution in [0.2, 0.25) is 0 Å². The van der Waals surface area contributed by atoms with Gasteiger partial charge in [-0.3, -0.25) is 19.3 Å². The summed E-state index contributed by atoms with van der Waals surface area (Å²) < 4.78 is 4.55. The van der Waals surface area contributed by atoms with Crippen molar-refractivity contribution in [1.29, 1.82) is 0 Å². The molecule has 4 saturated heterocycles. The zero-order valence-electron chi connectivity index (χ0n) is 21.2. The summed E-state index contributed by atoms with van der Waals surface area (Å²) in [5.74, 6) is -3.33. The number of thioether (sulfide) groups is 1. The number of aliphatic hydroxyl groups is 1. The van der Waals surface area contributed by atoms with Crippen molar-refractivity contribution in [2.75, 3.05) is 52.5 Å². The quantitative estimate of drug-likeness (QED) is 0.305. The monoisotopic (exact) mass is 607 g/mol. The molecule has 4 fully saturated rings. The number of carboxylic acid groups (broad SMARTS) is 1. The van der Waals surface area contributed by atoms with E-state index in [1.807, 2.05) is 30.3 Å². The Morgan fingerprint density at radius 3 is 2.63 bits per heavy atom. The highest BCUT2D eigenvalue weighted by molar-refractivity contribution is 9.09. The molecule has 2 amide bonds. The SMILES string of the molecule is C=CCN(CCN1CCOCC1)C(=O)C1N([C@H](CO)c2ccccc2)C(=O)[C@@H]2[C@@H](C(=O)O)[C@@H]3SC12CC3Br. The number of hydrogen-bond donors (Lipinski definition) is 2. The lowest BCUT2D eigenvalue weighted by molar-refractivity contribution is -0.149. The molecule has 3 unspecified atom stereocenters. The van der Waals surface area contributed by atoms with Gasteiger partial charge in [-0.25, -0.2) is 0 Å². The van der Waals surface area contributed by atoms with Gasteiger partial charge in [0.25, 0.3) is 0 Å². The minimum Gasteiger partial charge on any atom is -0.481 e. The zero-order chi connectivity index (χ0) is 27.0. The first-order valence-electron chi connectivity index (χ1n) is 13.1. The van der Waals surface area contributed by atoms with Crippen molar-refractivity contribution < 1.29 is 29.3 Å². The summed E-state index contributed by atoms with van der Waals surface area (Å²) in [5, 5.41) is 20.4. The van der Waals surface area contributed by atoms with E-state index in [0.717, 1.165) is 13.1 Å². The van der Waals surface area contributed by atoms with Gasteiger partial charge in [-0.1, -0.05) is 52.3 Å². The molecule has 9 nitrogen and oxygen atoms in total. The fourth-order valence-corrected chi connectivity index (χ4v) is 10.3. The second-order valence-electron chi connectivity index (χ2n) is 10.4. The molecular formula is C27H34BrN3O6S. The lowest BCUT2D eigenvalue weighted by Crippen LogP contribution is -2.57. The molecule has 4 heterocycles. The number of benzene rings is 1. The highest BCUT2D eigenvalue weighted by atomic mass is 79.9. The number of hydrogen-bond acceptors (Lipinski definition) is 7. The first-order valence-corrected chi connectivity index (χ1v) is 14.9. The fourth-order valence-electron chi connectivity index (χ4n) is 6.70. The van der Waals surface area contributed by atoms with Crippen molar-refractivity contribution in [3.63, 3.8) is 0 Å². The number of ether oxygens (including phenoxy) is 1. The summed E-state index contributed by atoms with van der Waals surface area (Å²) in [6, 6.07) is 7.50. The summed E-state index contributed by atoms with van der Waals surface area (Å²) in [6.07, 6.45) is 2.19. The van der Waals surface area contributed by atoms with Gasteiger partial charge in [-0.2, -0.15) is 0 Å². The van der Waals surface area contributed by atoms with Crippen molar-refractivity contribution in [2.45, 2.75) is 33.3 Å². The van der Waals surface area contributed by atoms with Crippen LogP contribution < -0.4 is 0 Å². The van der Waals surface area contributed by atoms with Crippen LogP contribution in [0.3, 0.4) is 0 Å². The number of fused-ring (bicyclic) bond motifs is 1.